The number of carbonyl (C=O) groups excluding carboxylic acids is 4. The number of halogens is 1. The molecule has 1 saturated carbocycles. The molecule has 0 bridgehead atoms. The quantitative estimate of drug-likeness (QED) is 0.464. The molecular formula is C26H28FN3O5. The molecule has 4 rings (SSSR count). The molecule has 184 valence electrons. The van der Waals surface area contributed by atoms with Gasteiger partial charge >= 0.3 is 12.0 Å². The summed E-state index contributed by atoms with van der Waals surface area (Å²) in [5.41, 5.74) is 1.10. The number of benzene rings is 2. The number of nitrogens with zero attached hydrogens (tertiary/aromatic N) is 2. The molecule has 9 heteroatoms. The van der Waals surface area contributed by atoms with E-state index >= 15 is 0 Å². The molecule has 4 amide bonds. The first kappa shape index (κ1) is 24.4. The largest absolute Gasteiger partial charge is 0.462 e. The Morgan fingerprint density at radius 2 is 1.66 bits per heavy atom. The molecule has 1 aliphatic carbocycles. The fourth-order valence-electron chi connectivity index (χ4n) is 4.69. The maximum absolute atomic E-state index is 13.4. The summed E-state index contributed by atoms with van der Waals surface area (Å²) in [6.45, 7) is 1.98. The predicted molar refractivity (Wildman–Crippen MR) is 127 cm³/mol. The van der Waals surface area contributed by atoms with E-state index in [1.165, 1.54) is 29.2 Å². The number of ether oxygens (including phenoxy) is 1. The first-order chi connectivity index (χ1) is 16.9. The molecular weight excluding hydrogens is 453 g/mol. The molecule has 2 aromatic carbocycles. The second-order valence-corrected chi connectivity index (χ2v) is 8.70. The highest BCUT2D eigenvalue weighted by molar-refractivity contribution is 6.22. The summed E-state index contributed by atoms with van der Waals surface area (Å²) in [5, 5.41) is 2.74. The monoisotopic (exact) mass is 481 g/mol. The Hall–Kier alpha value is -3.75. The molecule has 2 fully saturated rings. The van der Waals surface area contributed by atoms with E-state index < -0.39 is 35.7 Å². The van der Waals surface area contributed by atoms with Crippen molar-refractivity contribution < 1.29 is 28.3 Å². The molecule has 0 aromatic heterocycles. The molecule has 2 aromatic rings. The molecule has 2 aliphatic rings. The zero-order chi connectivity index (χ0) is 24.9. The van der Waals surface area contributed by atoms with Gasteiger partial charge in [-0.1, -0.05) is 19.3 Å². The van der Waals surface area contributed by atoms with Crippen LogP contribution in [0, 0.1) is 5.82 Å². The molecule has 0 spiro atoms. The summed E-state index contributed by atoms with van der Waals surface area (Å²) in [4.78, 5) is 54.0. The van der Waals surface area contributed by atoms with Gasteiger partial charge in [0.05, 0.1) is 24.3 Å². The fourth-order valence-corrected chi connectivity index (χ4v) is 4.69. The first-order valence-corrected chi connectivity index (χ1v) is 11.9. The number of hydrogen-bond acceptors (Lipinski definition) is 5. The van der Waals surface area contributed by atoms with Crippen molar-refractivity contribution in [3.8, 4) is 0 Å². The van der Waals surface area contributed by atoms with Gasteiger partial charge < -0.3 is 15.0 Å². The van der Waals surface area contributed by atoms with Gasteiger partial charge in [-0.25, -0.2) is 18.9 Å². The van der Waals surface area contributed by atoms with Crippen molar-refractivity contribution in [2.24, 2.45) is 0 Å². The average Bonchev–Trinajstić information content (AvgIpc) is 3.10. The summed E-state index contributed by atoms with van der Waals surface area (Å²) in [7, 11) is 0. The minimum atomic E-state index is -0.950. The second-order valence-electron chi connectivity index (χ2n) is 8.70. The van der Waals surface area contributed by atoms with E-state index in [-0.39, 0.29) is 24.8 Å². The maximum atomic E-state index is 13.4. The second kappa shape index (κ2) is 10.7. The lowest BCUT2D eigenvalue weighted by Crippen LogP contribution is -2.45. The van der Waals surface area contributed by atoms with E-state index in [9.17, 15) is 23.6 Å². The Balaban J connectivity index is 1.51. The van der Waals surface area contributed by atoms with Gasteiger partial charge in [-0.3, -0.25) is 9.59 Å². The molecule has 1 aliphatic heterocycles. The number of hydrogen-bond donors (Lipinski definition) is 1. The maximum Gasteiger partial charge on any atom is 0.338 e. The van der Waals surface area contributed by atoms with Crippen LogP contribution >= 0.6 is 0 Å². The summed E-state index contributed by atoms with van der Waals surface area (Å²) in [5.74, 6) is -1.85. The summed E-state index contributed by atoms with van der Waals surface area (Å²) in [6, 6.07) is 9.85. The van der Waals surface area contributed by atoms with Crippen molar-refractivity contribution in [1.29, 1.82) is 0 Å². The van der Waals surface area contributed by atoms with Crippen molar-refractivity contribution in [2.45, 2.75) is 57.5 Å². The van der Waals surface area contributed by atoms with Crippen LogP contribution in [-0.2, 0) is 14.3 Å². The Bertz CT molecular complexity index is 1100. The van der Waals surface area contributed by atoms with Crippen molar-refractivity contribution in [2.75, 3.05) is 16.8 Å². The third-order valence-electron chi connectivity index (χ3n) is 6.36. The number of amides is 4. The van der Waals surface area contributed by atoms with Crippen LogP contribution in [0.4, 0.5) is 20.6 Å². The van der Waals surface area contributed by atoms with Crippen LogP contribution in [0.1, 0.15) is 55.8 Å². The van der Waals surface area contributed by atoms with Crippen LogP contribution in [-0.4, -0.2) is 47.4 Å². The normalized spacial score (nSPS) is 18.6. The van der Waals surface area contributed by atoms with Gasteiger partial charge in [0.2, 0.25) is 5.91 Å². The predicted octanol–water partition coefficient (Wildman–Crippen LogP) is 4.50. The molecule has 35 heavy (non-hydrogen) atoms. The highest BCUT2D eigenvalue weighted by Crippen LogP contribution is 2.33. The number of esters is 1. The van der Waals surface area contributed by atoms with Gasteiger partial charge in [-0.2, -0.15) is 0 Å². The zero-order valence-corrected chi connectivity index (χ0v) is 19.5. The number of rotatable bonds is 7. The summed E-state index contributed by atoms with van der Waals surface area (Å²) < 4.78 is 18.4. The van der Waals surface area contributed by atoms with Crippen LogP contribution in [0.15, 0.2) is 48.5 Å². The van der Waals surface area contributed by atoms with Gasteiger partial charge in [0.1, 0.15) is 11.9 Å². The third kappa shape index (κ3) is 5.34. The van der Waals surface area contributed by atoms with Gasteiger partial charge in [-0.15, -0.1) is 0 Å². The van der Waals surface area contributed by atoms with Gasteiger partial charge in [0, 0.05) is 11.7 Å². The smallest absolute Gasteiger partial charge is 0.338 e. The number of nitrogens with one attached hydrogen (secondary N) is 1. The van der Waals surface area contributed by atoms with E-state index in [0.29, 0.717) is 11.3 Å². The lowest BCUT2D eigenvalue weighted by atomic mass is 9.93. The topological polar surface area (TPSA) is 96.0 Å². The minimum absolute atomic E-state index is 0.132. The minimum Gasteiger partial charge on any atom is -0.462 e. The fraction of sp³-hybridized carbons (Fsp3) is 0.385. The highest BCUT2D eigenvalue weighted by Gasteiger charge is 2.49. The highest BCUT2D eigenvalue weighted by atomic mass is 19.1. The Kier molecular flexibility index (Phi) is 7.43. The number of carbonyl (C=O) groups is 4. The molecule has 1 saturated heterocycles. The average molecular weight is 482 g/mol. The SMILES string of the molecule is CCOC(=O)c1ccc(NC(=O)C[C@@H]2C(=O)N(c3ccc(F)cc3)C(=O)N2C2CCCCC2)cc1. The lowest BCUT2D eigenvalue weighted by molar-refractivity contribution is -0.125. The number of anilines is 2. The standard InChI is InChI=1S/C26H28FN3O5/c1-2-35-25(33)17-8-12-19(13-9-17)28-23(31)16-22-24(32)30(21-14-10-18(27)11-15-21)26(34)29(22)20-6-4-3-5-7-20/h8-15,20,22H,2-7,16H2,1H3,(H,28,31)/t22-/m1/s1. The van der Waals surface area contributed by atoms with E-state index in [0.717, 1.165) is 37.0 Å². The van der Waals surface area contributed by atoms with Gasteiger partial charge in [0.25, 0.3) is 5.91 Å². The van der Waals surface area contributed by atoms with Crippen LogP contribution in [0.25, 0.3) is 0 Å². The molecule has 0 radical (unpaired) electrons. The van der Waals surface area contributed by atoms with Crippen molar-refractivity contribution in [3.63, 3.8) is 0 Å². The first-order valence-electron chi connectivity index (χ1n) is 11.9. The molecule has 1 N–H and O–H groups in total. The third-order valence-corrected chi connectivity index (χ3v) is 6.36. The number of urea groups is 1. The Labute approximate surface area is 203 Å². The lowest BCUT2D eigenvalue weighted by Gasteiger charge is -2.33. The molecule has 1 atom stereocenters. The van der Waals surface area contributed by atoms with E-state index in [2.05, 4.69) is 5.32 Å². The van der Waals surface area contributed by atoms with Crippen LogP contribution in [0.3, 0.4) is 0 Å². The zero-order valence-electron chi connectivity index (χ0n) is 19.5. The number of imide groups is 1. The van der Waals surface area contributed by atoms with Crippen LogP contribution < -0.4 is 10.2 Å². The van der Waals surface area contributed by atoms with Crippen LogP contribution in [0.2, 0.25) is 0 Å². The van der Waals surface area contributed by atoms with E-state index in [1.807, 2.05) is 0 Å². The van der Waals surface area contributed by atoms with Crippen molar-refractivity contribution in [1.82, 2.24) is 4.90 Å². The van der Waals surface area contributed by atoms with Crippen molar-refractivity contribution >= 4 is 35.2 Å². The molecule has 0 unspecified atom stereocenters. The van der Waals surface area contributed by atoms with Crippen molar-refractivity contribution in [3.05, 3.63) is 59.9 Å². The molecule has 1 heterocycles. The van der Waals surface area contributed by atoms with E-state index in [4.69, 9.17) is 4.74 Å². The Morgan fingerprint density at radius 1 is 1.00 bits per heavy atom. The summed E-state index contributed by atoms with van der Waals surface area (Å²) >= 11 is 0. The Morgan fingerprint density at radius 3 is 2.29 bits per heavy atom. The summed E-state index contributed by atoms with van der Waals surface area (Å²) in [6.07, 6.45) is 4.29. The van der Waals surface area contributed by atoms with Gasteiger partial charge in [0.15, 0.2) is 0 Å². The van der Waals surface area contributed by atoms with E-state index in [1.54, 1.807) is 31.2 Å². The molecule has 8 nitrogen and oxygen atoms in total. The van der Waals surface area contributed by atoms with Crippen LogP contribution in [0.5, 0.6) is 0 Å². The van der Waals surface area contributed by atoms with Gasteiger partial charge in [-0.05, 0) is 68.3 Å².